The van der Waals surface area contributed by atoms with Crippen LogP contribution in [0.25, 0.3) is 5.69 Å². The first kappa shape index (κ1) is 20.3. The van der Waals surface area contributed by atoms with Crippen LogP contribution in [0.4, 0.5) is 11.4 Å². The largest absolute Gasteiger partial charge is 0.494 e. The number of methoxy groups -OCH3 is 1. The molecule has 1 atom stereocenters. The van der Waals surface area contributed by atoms with Crippen molar-refractivity contribution in [1.82, 2.24) is 23.7 Å². The van der Waals surface area contributed by atoms with Crippen LogP contribution in [0.15, 0.2) is 53.8 Å². The number of hydrogen-bond acceptors (Lipinski definition) is 8. The van der Waals surface area contributed by atoms with E-state index < -0.39 is 0 Å². The molecule has 0 unspecified atom stereocenters. The first-order chi connectivity index (χ1) is 15.0. The van der Waals surface area contributed by atoms with Crippen LogP contribution in [0.1, 0.15) is 29.2 Å². The van der Waals surface area contributed by atoms with Gasteiger partial charge in [-0.25, -0.2) is 14.0 Å². The maximum absolute atomic E-state index is 13.1. The highest BCUT2D eigenvalue weighted by Gasteiger charge is 2.17. The van der Waals surface area contributed by atoms with Crippen LogP contribution in [0, 0.1) is 18.3 Å². The van der Waals surface area contributed by atoms with Crippen molar-refractivity contribution in [2.75, 3.05) is 12.4 Å². The van der Waals surface area contributed by atoms with E-state index in [1.54, 1.807) is 25.7 Å². The van der Waals surface area contributed by atoms with Crippen molar-refractivity contribution in [3.05, 3.63) is 75.7 Å². The fraction of sp³-hybridized carbons (Fsp3) is 0.190. The van der Waals surface area contributed by atoms with Gasteiger partial charge in [0.1, 0.15) is 17.5 Å². The third-order valence-electron chi connectivity index (χ3n) is 4.73. The van der Waals surface area contributed by atoms with E-state index in [0.29, 0.717) is 11.4 Å². The van der Waals surface area contributed by atoms with Gasteiger partial charge >= 0.3 is 0 Å². The molecule has 3 heterocycles. The molecule has 0 radical (unpaired) electrons. The van der Waals surface area contributed by atoms with Crippen LogP contribution in [0.5, 0.6) is 5.75 Å². The molecule has 1 N–H and O–H groups in total. The van der Waals surface area contributed by atoms with Gasteiger partial charge in [0.2, 0.25) is 0 Å². The van der Waals surface area contributed by atoms with Gasteiger partial charge in [-0.2, -0.15) is 10.4 Å². The number of nitrogens with zero attached hydrogens (tertiary/aromatic N) is 6. The minimum atomic E-state index is -0.352. The van der Waals surface area contributed by atoms with E-state index in [0.717, 1.165) is 16.3 Å². The lowest BCUT2D eigenvalue weighted by Gasteiger charge is -2.15. The number of benzene rings is 1. The number of anilines is 2. The molecule has 3 aromatic heterocycles. The average Bonchev–Trinajstić information content (AvgIpc) is 3.46. The van der Waals surface area contributed by atoms with Gasteiger partial charge in [0.05, 0.1) is 30.9 Å². The number of aromatic nitrogens is 5. The second-order valence-corrected chi connectivity index (χ2v) is 7.69. The third-order valence-corrected chi connectivity index (χ3v) is 5.65. The second kappa shape index (κ2) is 8.41. The zero-order chi connectivity index (χ0) is 22.0. The third kappa shape index (κ3) is 4.04. The molecule has 156 valence electrons. The molecule has 31 heavy (non-hydrogen) atoms. The van der Waals surface area contributed by atoms with E-state index in [2.05, 4.69) is 19.8 Å². The van der Waals surface area contributed by atoms with Gasteiger partial charge < -0.3 is 14.6 Å². The number of rotatable bonds is 6. The van der Waals surface area contributed by atoms with Crippen molar-refractivity contribution in [1.29, 1.82) is 5.26 Å². The maximum Gasteiger partial charge on any atom is 0.291 e. The molecule has 0 aliphatic rings. The van der Waals surface area contributed by atoms with Crippen molar-refractivity contribution in [3.8, 4) is 17.5 Å². The quantitative estimate of drug-likeness (QED) is 0.496. The van der Waals surface area contributed by atoms with Crippen molar-refractivity contribution >= 4 is 22.9 Å². The van der Waals surface area contributed by atoms with Gasteiger partial charge in [-0.15, -0.1) is 0 Å². The molecular formula is C21H19N7O2S. The Morgan fingerprint density at radius 2 is 2.13 bits per heavy atom. The van der Waals surface area contributed by atoms with Gasteiger partial charge in [0, 0.05) is 35.1 Å². The van der Waals surface area contributed by atoms with Crippen molar-refractivity contribution in [3.63, 3.8) is 0 Å². The Morgan fingerprint density at radius 3 is 2.77 bits per heavy atom. The van der Waals surface area contributed by atoms with E-state index in [9.17, 15) is 10.1 Å². The van der Waals surface area contributed by atoms with Crippen LogP contribution in [0.3, 0.4) is 0 Å². The fourth-order valence-electron chi connectivity index (χ4n) is 3.16. The Kier molecular flexibility index (Phi) is 5.51. The summed E-state index contributed by atoms with van der Waals surface area (Å²) < 4.78 is 12.8. The van der Waals surface area contributed by atoms with E-state index in [-0.39, 0.29) is 23.0 Å². The zero-order valence-electron chi connectivity index (χ0n) is 17.1. The Labute approximate surface area is 182 Å². The molecule has 10 heteroatoms. The van der Waals surface area contributed by atoms with Crippen molar-refractivity contribution < 1.29 is 4.74 Å². The zero-order valence-corrected chi connectivity index (χ0v) is 17.9. The topological polar surface area (TPSA) is 111 Å². The number of ether oxygens (including phenoxy) is 1. The van der Waals surface area contributed by atoms with Crippen LogP contribution in [0.2, 0.25) is 0 Å². The summed E-state index contributed by atoms with van der Waals surface area (Å²) in [5.74, 6) is 0.607. The van der Waals surface area contributed by atoms with Crippen LogP contribution in [-0.4, -0.2) is 30.8 Å². The SMILES string of the molecule is COc1cc(Nc2cc(C#N)nn([C@@H](C)c3ccns3)c2=O)ccc1-n1cnc(C)c1. The summed E-state index contributed by atoms with van der Waals surface area (Å²) in [6.45, 7) is 3.76. The summed E-state index contributed by atoms with van der Waals surface area (Å²) in [5.41, 5.74) is 2.39. The summed E-state index contributed by atoms with van der Waals surface area (Å²) in [6, 6.07) is 10.4. The molecule has 0 aliphatic carbocycles. The summed E-state index contributed by atoms with van der Waals surface area (Å²) in [6.07, 6.45) is 5.28. The summed E-state index contributed by atoms with van der Waals surface area (Å²) in [5, 5.41) is 16.7. The minimum absolute atomic E-state index is 0.135. The molecule has 0 saturated heterocycles. The maximum atomic E-state index is 13.1. The number of hydrogen-bond donors (Lipinski definition) is 1. The van der Waals surface area contributed by atoms with Crippen molar-refractivity contribution in [2.45, 2.75) is 19.9 Å². The van der Waals surface area contributed by atoms with Crippen molar-refractivity contribution in [2.24, 2.45) is 0 Å². The number of nitrogens with one attached hydrogen (secondary N) is 1. The smallest absolute Gasteiger partial charge is 0.291 e. The molecule has 0 bridgehead atoms. The molecule has 4 aromatic rings. The highest BCUT2D eigenvalue weighted by atomic mass is 32.1. The Bertz CT molecular complexity index is 1320. The van der Waals surface area contributed by atoms with Gasteiger partial charge in [0.15, 0.2) is 5.69 Å². The minimum Gasteiger partial charge on any atom is -0.494 e. The molecule has 9 nitrogen and oxygen atoms in total. The Balaban J connectivity index is 1.71. The molecule has 4 rings (SSSR count). The number of imidazole rings is 1. The molecule has 0 spiro atoms. The standard InChI is InChI=1S/C21H19N7O2S/c1-13-11-27(12-23-13)18-5-4-15(9-19(18)30-3)25-17-8-16(10-22)26-28(21(17)29)14(2)20-6-7-24-31-20/h4-9,11-12,14,25H,1-3H3/t14-/m0/s1. The van der Waals surface area contributed by atoms with Crippen LogP contribution < -0.4 is 15.6 Å². The Hall–Kier alpha value is -3.97. The fourth-order valence-corrected chi connectivity index (χ4v) is 3.78. The van der Waals surface area contributed by atoms with E-state index in [4.69, 9.17) is 4.74 Å². The lowest BCUT2D eigenvalue weighted by Crippen LogP contribution is -2.28. The van der Waals surface area contributed by atoms with Crippen LogP contribution in [-0.2, 0) is 0 Å². The first-order valence-corrected chi connectivity index (χ1v) is 10.2. The number of nitriles is 1. The molecule has 0 saturated carbocycles. The lowest BCUT2D eigenvalue weighted by molar-refractivity contribution is 0.413. The highest BCUT2D eigenvalue weighted by molar-refractivity contribution is 7.05. The van der Waals surface area contributed by atoms with Gasteiger partial charge in [-0.3, -0.25) is 4.79 Å². The normalized spacial score (nSPS) is 11.7. The predicted molar refractivity (Wildman–Crippen MR) is 117 cm³/mol. The monoisotopic (exact) mass is 433 g/mol. The first-order valence-electron chi connectivity index (χ1n) is 9.40. The van der Waals surface area contributed by atoms with Gasteiger partial charge in [-0.05, 0) is 43.6 Å². The van der Waals surface area contributed by atoms with E-state index in [1.807, 2.05) is 48.9 Å². The summed E-state index contributed by atoms with van der Waals surface area (Å²) in [7, 11) is 1.58. The summed E-state index contributed by atoms with van der Waals surface area (Å²) >= 11 is 1.29. The van der Waals surface area contributed by atoms with Gasteiger partial charge in [0.25, 0.3) is 5.56 Å². The molecule has 0 aliphatic heterocycles. The van der Waals surface area contributed by atoms with E-state index >= 15 is 0 Å². The van der Waals surface area contributed by atoms with Crippen LogP contribution >= 0.6 is 11.5 Å². The van der Waals surface area contributed by atoms with Gasteiger partial charge in [-0.1, -0.05) is 0 Å². The van der Waals surface area contributed by atoms with E-state index in [1.165, 1.54) is 22.3 Å². The second-order valence-electron chi connectivity index (χ2n) is 6.83. The Morgan fingerprint density at radius 1 is 1.29 bits per heavy atom. The molecule has 1 aromatic carbocycles. The molecule has 0 fully saturated rings. The molecular weight excluding hydrogens is 414 g/mol. The summed E-state index contributed by atoms with van der Waals surface area (Å²) in [4.78, 5) is 18.2. The predicted octanol–water partition coefficient (Wildman–Crippen LogP) is 3.43. The highest BCUT2D eigenvalue weighted by Crippen LogP contribution is 2.28. The average molecular weight is 433 g/mol. The lowest BCUT2D eigenvalue weighted by atomic mass is 10.2. The molecule has 0 amide bonds. The number of aryl methyl sites for hydroxylation is 1.